The van der Waals surface area contributed by atoms with Crippen molar-refractivity contribution in [3.63, 3.8) is 0 Å². The first kappa shape index (κ1) is 13.8. The maximum Gasteiger partial charge on any atom is 0.354 e. The third-order valence-electron chi connectivity index (χ3n) is 2.67. The van der Waals surface area contributed by atoms with Crippen LogP contribution in [-0.2, 0) is 0 Å². The average Bonchev–Trinajstić information content (AvgIpc) is 2.95. The fourth-order valence-electron chi connectivity index (χ4n) is 1.67. The van der Waals surface area contributed by atoms with Gasteiger partial charge in [0.1, 0.15) is 11.5 Å². The number of hydrogen-bond donors (Lipinski definition) is 4. The molecule has 0 unspecified atom stereocenters. The predicted molar refractivity (Wildman–Crippen MR) is 70.9 cm³/mol. The number of aromatic nitrogens is 4. The second kappa shape index (κ2) is 5.16. The highest BCUT2D eigenvalue weighted by molar-refractivity contribution is 6.05. The van der Waals surface area contributed by atoms with Crippen LogP contribution in [0.25, 0.3) is 0 Å². The number of carbonyl (C=O) groups is 2. The van der Waals surface area contributed by atoms with E-state index in [0.29, 0.717) is 11.5 Å². The molecule has 2 rings (SSSR count). The van der Waals surface area contributed by atoms with E-state index in [1.165, 1.54) is 6.07 Å². The SMILES string of the molecule is Cc1cc(NC(=O)c2n[nH]c(C(C)C)n2)c(C(=O)O)[nH]1. The number of hydrogen-bond acceptors (Lipinski definition) is 4. The molecule has 0 aliphatic carbocycles. The summed E-state index contributed by atoms with van der Waals surface area (Å²) in [4.78, 5) is 29.7. The molecule has 2 aromatic heterocycles. The highest BCUT2D eigenvalue weighted by atomic mass is 16.4. The molecular weight excluding hydrogens is 262 g/mol. The minimum Gasteiger partial charge on any atom is -0.477 e. The Kier molecular flexibility index (Phi) is 3.55. The van der Waals surface area contributed by atoms with E-state index in [4.69, 9.17) is 5.11 Å². The van der Waals surface area contributed by atoms with Gasteiger partial charge >= 0.3 is 5.97 Å². The van der Waals surface area contributed by atoms with E-state index in [1.807, 2.05) is 13.8 Å². The zero-order valence-electron chi connectivity index (χ0n) is 11.3. The second-order valence-electron chi connectivity index (χ2n) is 4.70. The number of aryl methyl sites for hydroxylation is 1. The number of nitrogens with one attached hydrogen (secondary N) is 3. The Morgan fingerprint density at radius 1 is 1.40 bits per heavy atom. The third-order valence-corrected chi connectivity index (χ3v) is 2.67. The molecule has 2 aromatic rings. The highest BCUT2D eigenvalue weighted by Gasteiger charge is 2.19. The minimum absolute atomic E-state index is 0.0242. The van der Waals surface area contributed by atoms with Crippen molar-refractivity contribution in [2.75, 3.05) is 5.32 Å². The van der Waals surface area contributed by atoms with Crippen LogP contribution in [0.15, 0.2) is 6.07 Å². The molecule has 8 nitrogen and oxygen atoms in total. The smallest absolute Gasteiger partial charge is 0.354 e. The van der Waals surface area contributed by atoms with Gasteiger partial charge in [-0.15, -0.1) is 5.10 Å². The minimum atomic E-state index is -1.15. The summed E-state index contributed by atoms with van der Waals surface area (Å²) in [6.07, 6.45) is 0. The van der Waals surface area contributed by atoms with Crippen molar-refractivity contribution < 1.29 is 14.7 Å². The molecule has 0 fully saturated rings. The number of aromatic amines is 2. The van der Waals surface area contributed by atoms with E-state index in [1.54, 1.807) is 6.92 Å². The van der Waals surface area contributed by atoms with Crippen LogP contribution >= 0.6 is 0 Å². The van der Waals surface area contributed by atoms with Crippen LogP contribution in [0.5, 0.6) is 0 Å². The molecule has 0 atom stereocenters. The van der Waals surface area contributed by atoms with Crippen molar-refractivity contribution in [2.45, 2.75) is 26.7 Å². The van der Waals surface area contributed by atoms with Gasteiger partial charge in [0.15, 0.2) is 0 Å². The molecule has 20 heavy (non-hydrogen) atoms. The molecule has 0 aromatic carbocycles. The average molecular weight is 277 g/mol. The molecule has 1 amide bonds. The first-order chi connectivity index (χ1) is 9.38. The molecule has 0 bridgehead atoms. The molecule has 0 radical (unpaired) electrons. The molecule has 2 heterocycles. The summed E-state index contributed by atoms with van der Waals surface area (Å²) in [6.45, 7) is 5.53. The molecule has 106 valence electrons. The van der Waals surface area contributed by atoms with Gasteiger partial charge in [-0.1, -0.05) is 13.8 Å². The molecule has 4 N–H and O–H groups in total. The first-order valence-electron chi connectivity index (χ1n) is 6.05. The highest BCUT2D eigenvalue weighted by Crippen LogP contribution is 2.17. The van der Waals surface area contributed by atoms with Crippen molar-refractivity contribution in [3.8, 4) is 0 Å². The maximum absolute atomic E-state index is 12.0. The van der Waals surface area contributed by atoms with E-state index in [-0.39, 0.29) is 23.1 Å². The molecule has 0 saturated carbocycles. The Labute approximate surface area is 114 Å². The number of carbonyl (C=O) groups excluding carboxylic acids is 1. The quantitative estimate of drug-likeness (QED) is 0.674. The summed E-state index contributed by atoms with van der Waals surface area (Å²) in [7, 11) is 0. The topological polar surface area (TPSA) is 124 Å². The maximum atomic E-state index is 12.0. The number of H-pyrrole nitrogens is 2. The lowest BCUT2D eigenvalue weighted by atomic mass is 10.2. The van der Waals surface area contributed by atoms with Gasteiger partial charge in [-0.05, 0) is 13.0 Å². The normalized spacial score (nSPS) is 10.8. The van der Waals surface area contributed by atoms with E-state index in [2.05, 4.69) is 25.5 Å². The van der Waals surface area contributed by atoms with E-state index in [0.717, 1.165) is 0 Å². The van der Waals surface area contributed by atoms with Gasteiger partial charge in [-0.2, -0.15) is 0 Å². The van der Waals surface area contributed by atoms with Crippen LogP contribution in [0.4, 0.5) is 5.69 Å². The van der Waals surface area contributed by atoms with Gasteiger partial charge in [-0.25, -0.2) is 9.78 Å². The monoisotopic (exact) mass is 277 g/mol. The zero-order chi connectivity index (χ0) is 14.9. The van der Waals surface area contributed by atoms with E-state index >= 15 is 0 Å². The van der Waals surface area contributed by atoms with Crippen molar-refractivity contribution in [1.29, 1.82) is 0 Å². The Hall–Kier alpha value is -2.64. The number of anilines is 1. The first-order valence-corrected chi connectivity index (χ1v) is 6.05. The summed E-state index contributed by atoms with van der Waals surface area (Å²) >= 11 is 0. The number of carboxylic acids is 1. The molecule has 0 spiro atoms. The Balaban J connectivity index is 2.21. The summed E-state index contributed by atoms with van der Waals surface area (Å²) < 4.78 is 0. The van der Waals surface area contributed by atoms with Crippen molar-refractivity contribution in [2.24, 2.45) is 0 Å². The van der Waals surface area contributed by atoms with Gasteiger partial charge in [0, 0.05) is 11.6 Å². The summed E-state index contributed by atoms with van der Waals surface area (Å²) in [5, 5.41) is 18.0. The molecule has 0 aliphatic rings. The number of aromatic carboxylic acids is 1. The van der Waals surface area contributed by atoms with E-state index < -0.39 is 11.9 Å². The molecule has 0 aliphatic heterocycles. The molecular formula is C12H15N5O3. The van der Waals surface area contributed by atoms with Gasteiger partial charge in [0.25, 0.3) is 5.91 Å². The number of amides is 1. The Morgan fingerprint density at radius 3 is 2.65 bits per heavy atom. The lowest BCUT2D eigenvalue weighted by Gasteiger charge is -2.01. The lowest BCUT2D eigenvalue weighted by molar-refractivity contribution is 0.0692. The summed E-state index contributed by atoms with van der Waals surface area (Å²) in [5.41, 5.74) is 0.752. The number of carboxylic acid groups (broad SMARTS) is 1. The standard InChI is InChI=1S/C12H15N5O3/c1-5(2)9-15-10(17-16-9)11(18)14-7-4-6(3)13-8(7)12(19)20/h4-5,13H,1-3H3,(H,14,18)(H,19,20)(H,15,16,17). The van der Waals surface area contributed by atoms with E-state index in [9.17, 15) is 9.59 Å². The van der Waals surface area contributed by atoms with Crippen LogP contribution in [-0.4, -0.2) is 37.1 Å². The largest absolute Gasteiger partial charge is 0.477 e. The Bertz CT molecular complexity index is 656. The predicted octanol–water partition coefficient (Wildman–Crippen LogP) is 1.52. The van der Waals surface area contributed by atoms with Crippen LogP contribution < -0.4 is 5.32 Å². The van der Waals surface area contributed by atoms with Crippen LogP contribution in [0.1, 0.15) is 52.4 Å². The summed E-state index contributed by atoms with van der Waals surface area (Å²) in [5.74, 6) is -1.02. The van der Waals surface area contributed by atoms with Crippen LogP contribution in [0.3, 0.4) is 0 Å². The van der Waals surface area contributed by atoms with Crippen molar-refractivity contribution in [1.82, 2.24) is 20.2 Å². The van der Waals surface area contributed by atoms with Gasteiger partial charge < -0.3 is 15.4 Å². The van der Waals surface area contributed by atoms with Gasteiger partial charge in [0.2, 0.25) is 5.82 Å². The fourth-order valence-corrected chi connectivity index (χ4v) is 1.67. The Morgan fingerprint density at radius 2 is 2.10 bits per heavy atom. The number of nitrogens with zero attached hydrogens (tertiary/aromatic N) is 2. The molecule has 8 heteroatoms. The van der Waals surface area contributed by atoms with Crippen LogP contribution in [0.2, 0.25) is 0 Å². The lowest BCUT2D eigenvalue weighted by Crippen LogP contribution is -2.15. The van der Waals surface area contributed by atoms with Crippen LogP contribution in [0, 0.1) is 6.92 Å². The molecule has 0 saturated heterocycles. The second-order valence-corrected chi connectivity index (χ2v) is 4.70. The fraction of sp³-hybridized carbons (Fsp3) is 0.333. The summed E-state index contributed by atoms with van der Waals surface area (Å²) in [6, 6.07) is 1.54. The van der Waals surface area contributed by atoms with Gasteiger partial charge in [0.05, 0.1) is 5.69 Å². The van der Waals surface area contributed by atoms with Crippen molar-refractivity contribution in [3.05, 3.63) is 29.1 Å². The number of rotatable bonds is 4. The van der Waals surface area contributed by atoms with Gasteiger partial charge in [-0.3, -0.25) is 9.89 Å². The zero-order valence-corrected chi connectivity index (χ0v) is 11.3. The van der Waals surface area contributed by atoms with Crippen molar-refractivity contribution >= 4 is 17.6 Å². The third kappa shape index (κ3) is 2.68.